The van der Waals surface area contributed by atoms with E-state index in [0.29, 0.717) is 33.8 Å². The van der Waals surface area contributed by atoms with Crippen LogP contribution in [-0.4, -0.2) is 54.0 Å². The molecule has 0 radical (unpaired) electrons. The largest absolute Gasteiger partial charge is 0.493 e. The van der Waals surface area contributed by atoms with E-state index < -0.39 is 0 Å². The average molecular weight is 582 g/mol. The van der Waals surface area contributed by atoms with Gasteiger partial charge in [-0.3, -0.25) is 9.36 Å². The number of ether oxygens (including phenoxy) is 3. The van der Waals surface area contributed by atoms with E-state index in [2.05, 4.69) is 36.7 Å². The fraction of sp³-hybridized carbons (Fsp3) is 0.154. The van der Waals surface area contributed by atoms with E-state index in [9.17, 15) is 4.79 Å². The van der Waals surface area contributed by atoms with Crippen LogP contribution in [-0.2, 0) is 4.79 Å². The number of nitrogens with zero attached hydrogens (tertiary/aromatic N) is 4. The van der Waals surface area contributed by atoms with Crippen molar-refractivity contribution in [1.29, 1.82) is 0 Å². The summed E-state index contributed by atoms with van der Waals surface area (Å²) in [6.45, 7) is 0. The highest BCUT2D eigenvalue weighted by molar-refractivity contribution is 9.10. The monoisotopic (exact) mass is 581 g/mol. The molecule has 0 saturated heterocycles. The molecule has 1 aromatic heterocycles. The van der Waals surface area contributed by atoms with Gasteiger partial charge < -0.3 is 14.2 Å². The number of benzene rings is 3. The lowest BCUT2D eigenvalue weighted by molar-refractivity contribution is -0.118. The number of carbonyl (C=O) groups excluding carboxylic acids is 1. The van der Waals surface area contributed by atoms with Crippen molar-refractivity contribution in [1.82, 2.24) is 20.2 Å². The number of hydrazone groups is 1. The van der Waals surface area contributed by atoms with Crippen LogP contribution in [0.1, 0.15) is 5.56 Å². The Morgan fingerprint density at radius 1 is 0.973 bits per heavy atom. The molecule has 0 aliphatic heterocycles. The summed E-state index contributed by atoms with van der Waals surface area (Å²) >= 11 is 4.74. The molecule has 0 unspecified atom stereocenters. The highest BCUT2D eigenvalue weighted by atomic mass is 79.9. The number of nitrogens with one attached hydrogen (secondary N) is 1. The first kappa shape index (κ1) is 26.2. The molecule has 4 aromatic rings. The topological polar surface area (TPSA) is 99.9 Å². The van der Waals surface area contributed by atoms with Crippen LogP contribution in [0, 0.1) is 0 Å². The van der Waals surface area contributed by atoms with E-state index in [0.717, 1.165) is 15.7 Å². The summed E-state index contributed by atoms with van der Waals surface area (Å²) in [5, 5.41) is 13.4. The van der Waals surface area contributed by atoms with Gasteiger partial charge in [0.15, 0.2) is 22.5 Å². The molecule has 9 nitrogen and oxygen atoms in total. The first-order valence-electron chi connectivity index (χ1n) is 11.1. The van der Waals surface area contributed by atoms with Crippen LogP contribution in [0.25, 0.3) is 17.1 Å². The predicted octanol–water partition coefficient (Wildman–Crippen LogP) is 4.97. The summed E-state index contributed by atoms with van der Waals surface area (Å²) in [5.41, 5.74) is 4.97. The Balaban J connectivity index is 1.49. The van der Waals surface area contributed by atoms with Crippen molar-refractivity contribution in [3.8, 4) is 34.3 Å². The molecule has 0 aliphatic carbocycles. The van der Waals surface area contributed by atoms with Gasteiger partial charge >= 0.3 is 0 Å². The maximum Gasteiger partial charge on any atom is 0.250 e. The lowest BCUT2D eigenvalue weighted by atomic mass is 10.2. The number of amides is 1. The van der Waals surface area contributed by atoms with Gasteiger partial charge in [-0.05, 0) is 36.4 Å². The molecule has 1 heterocycles. The van der Waals surface area contributed by atoms with Gasteiger partial charge in [0.05, 0.1) is 33.3 Å². The van der Waals surface area contributed by atoms with Gasteiger partial charge in [-0.1, -0.05) is 58.0 Å². The van der Waals surface area contributed by atoms with Crippen LogP contribution >= 0.6 is 27.7 Å². The van der Waals surface area contributed by atoms with E-state index in [1.54, 1.807) is 19.2 Å². The highest BCUT2D eigenvalue weighted by Crippen LogP contribution is 2.39. The standard InChI is InChI=1S/C26H24BrN5O4S/c1-34-21-14-9-18(23(35-2)24(21)36-3)15-28-29-22(33)16-37-26-31-30-25(17-7-5-4-6-8-17)32(26)20-12-10-19(27)11-13-20/h4-15H,16H2,1-3H3,(H,29,33)/b28-15-. The van der Waals surface area contributed by atoms with Crippen molar-refractivity contribution < 1.29 is 19.0 Å². The Bertz CT molecular complexity index is 1390. The van der Waals surface area contributed by atoms with Crippen LogP contribution < -0.4 is 19.6 Å². The van der Waals surface area contributed by atoms with E-state index in [1.807, 2.05) is 59.2 Å². The van der Waals surface area contributed by atoms with Gasteiger partial charge in [0.1, 0.15) is 0 Å². The summed E-state index contributed by atoms with van der Waals surface area (Å²) in [7, 11) is 4.59. The van der Waals surface area contributed by atoms with Crippen molar-refractivity contribution in [3.05, 3.63) is 76.8 Å². The molecule has 3 aromatic carbocycles. The number of halogens is 1. The summed E-state index contributed by atoms with van der Waals surface area (Å²) in [6, 6.07) is 21.1. The first-order valence-corrected chi connectivity index (χ1v) is 12.8. The van der Waals surface area contributed by atoms with Crippen LogP contribution in [0.3, 0.4) is 0 Å². The lowest BCUT2D eigenvalue weighted by Gasteiger charge is -2.13. The third kappa shape index (κ3) is 6.12. The number of methoxy groups -OCH3 is 3. The van der Waals surface area contributed by atoms with Gasteiger partial charge in [-0.2, -0.15) is 5.10 Å². The van der Waals surface area contributed by atoms with Crippen LogP contribution in [0.15, 0.2) is 81.5 Å². The summed E-state index contributed by atoms with van der Waals surface area (Å²) in [6.07, 6.45) is 1.49. The number of aromatic nitrogens is 3. The minimum Gasteiger partial charge on any atom is -0.493 e. The van der Waals surface area contributed by atoms with Gasteiger partial charge in [0, 0.05) is 21.3 Å². The number of hydrogen-bond donors (Lipinski definition) is 1. The molecule has 4 rings (SSSR count). The molecule has 0 saturated carbocycles. The number of hydrogen-bond acceptors (Lipinski definition) is 8. The Morgan fingerprint density at radius 3 is 2.38 bits per heavy atom. The smallest absolute Gasteiger partial charge is 0.250 e. The molecule has 0 fully saturated rings. The zero-order chi connectivity index (χ0) is 26.2. The molecule has 0 atom stereocenters. The van der Waals surface area contributed by atoms with Crippen molar-refractivity contribution in [3.63, 3.8) is 0 Å². The zero-order valence-corrected chi connectivity index (χ0v) is 22.7. The summed E-state index contributed by atoms with van der Waals surface area (Å²) in [5.74, 6) is 1.89. The molecule has 190 valence electrons. The second-order valence-corrected chi connectivity index (χ2v) is 9.35. The second kappa shape index (κ2) is 12.4. The van der Waals surface area contributed by atoms with E-state index in [1.165, 1.54) is 32.2 Å². The fourth-order valence-corrected chi connectivity index (χ4v) is 4.53. The molecule has 11 heteroatoms. The molecule has 1 N–H and O–H groups in total. The minimum atomic E-state index is -0.299. The molecule has 37 heavy (non-hydrogen) atoms. The average Bonchev–Trinajstić information content (AvgIpc) is 3.36. The molecule has 0 spiro atoms. The zero-order valence-electron chi connectivity index (χ0n) is 20.3. The van der Waals surface area contributed by atoms with Crippen LogP contribution in [0.4, 0.5) is 0 Å². The minimum absolute atomic E-state index is 0.0872. The van der Waals surface area contributed by atoms with Crippen LogP contribution in [0.2, 0.25) is 0 Å². The Kier molecular flexibility index (Phi) is 8.81. The van der Waals surface area contributed by atoms with Crippen molar-refractivity contribution >= 4 is 39.8 Å². The Labute approximate surface area is 227 Å². The third-order valence-electron chi connectivity index (χ3n) is 5.21. The van der Waals surface area contributed by atoms with E-state index in [4.69, 9.17) is 14.2 Å². The number of carbonyl (C=O) groups is 1. The summed E-state index contributed by atoms with van der Waals surface area (Å²) < 4.78 is 19.0. The fourth-order valence-electron chi connectivity index (χ4n) is 3.52. The normalized spacial score (nSPS) is 10.9. The maximum absolute atomic E-state index is 12.6. The second-order valence-electron chi connectivity index (χ2n) is 7.49. The number of rotatable bonds is 10. The maximum atomic E-state index is 12.6. The molecule has 1 amide bonds. The molecular formula is C26H24BrN5O4S. The van der Waals surface area contributed by atoms with Crippen LogP contribution in [0.5, 0.6) is 17.2 Å². The quantitative estimate of drug-likeness (QED) is 0.160. The SMILES string of the molecule is COc1ccc(/C=N\NC(=O)CSc2nnc(-c3ccccc3)n2-c2ccc(Br)cc2)c(OC)c1OC. The van der Waals surface area contributed by atoms with Gasteiger partial charge in [0.25, 0.3) is 5.91 Å². The molecule has 0 bridgehead atoms. The number of thioether (sulfide) groups is 1. The van der Waals surface area contributed by atoms with E-state index in [-0.39, 0.29) is 11.7 Å². The lowest BCUT2D eigenvalue weighted by Crippen LogP contribution is -2.20. The summed E-state index contributed by atoms with van der Waals surface area (Å²) in [4.78, 5) is 12.6. The van der Waals surface area contributed by atoms with Gasteiger partial charge in [-0.15, -0.1) is 10.2 Å². The first-order chi connectivity index (χ1) is 18.0. The Hall–Kier alpha value is -3.83. The van der Waals surface area contributed by atoms with Crippen molar-refractivity contribution in [2.75, 3.05) is 27.1 Å². The van der Waals surface area contributed by atoms with Gasteiger partial charge in [0.2, 0.25) is 5.75 Å². The van der Waals surface area contributed by atoms with E-state index >= 15 is 0 Å². The third-order valence-corrected chi connectivity index (χ3v) is 6.67. The van der Waals surface area contributed by atoms with Crippen molar-refractivity contribution in [2.45, 2.75) is 5.16 Å². The molecular weight excluding hydrogens is 558 g/mol. The Morgan fingerprint density at radius 2 is 1.70 bits per heavy atom. The predicted molar refractivity (Wildman–Crippen MR) is 147 cm³/mol. The van der Waals surface area contributed by atoms with Gasteiger partial charge in [-0.25, -0.2) is 5.43 Å². The van der Waals surface area contributed by atoms with Crippen molar-refractivity contribution in [2.24, 2.45) is 5.10 Å². The highest BCUT2D eigenvalue weighted by Gasteiger charge is 2.18. The molecule has 0 aliphatic rings.